The predicted molar refractivity (Wildman–Crippen MR) is 76.5 cm³/mol. The van der Waals surface area contributed by atoms with Gasteiger partial charge in [-0.3, -0.25) is 0 Å². The quantitative estimate of drug-likeness (QED) is 0.915. The van der Waals surface area contributed by atoms with Gasteiger partial charge in [-0.2, -0.15) is 4.98 Å². The maximum atomic E-state index is 5.75. The first-order chi connectivity index (χ1) is 9.22. The molecule has 5 nitrogen and oxygen atoms in total. The molecule has 0 atom stereocenters. The third kappa shape index (κ3) is 3.65. The minimum Gasteiger partial charge on any atom is -0.438 e. The average molecular weight is 324 g/mol. The largest absolute Gasteiger partial charge is 0.438 e. The summed E-state index contributed by atoms with van der Waals surface area (Å²) in [6, 6.07) is 9.33. The van der Waals surface area contributed by atoms with E-state index in [4.69, 9.17) is 9.47 Å². The smallest absolute Gasteiger partial charge is 0.224 e. The summed E-state index contributed by atoms with van der Waals surface area (Å²) in [5.74, 6) is 2.42. The normalized spacial score (nSPS) is 10.3. The van der Waals surface area contributed by atoms with Crippen molar-refractivity contribution in [3.63, 3.8) is 0 Å². The highest BCUT2D eigenvalue weighted by atomic mass is 79.9. The molecular weight excluding hydrogens is 310 g/mol. The summed E-state index contributed by atoms with van der Waals surface area (Å²) in [6.07, 6.45) is 0. The zero-order valence-electron chi connectivity index (χ0n) is 10.7. The van der Waals surface area contributed by atoms with E-state index >= 15 is 0 Å². The highest BCUT2D eigenvalue weighted by Crippen LogP contribution is 2.29. The molecule has 0 aliphatic heterocycles. The number of nitrogens with zero attached hydrogens (tertiary/aromatic N) is 2. The zero-order chi connectivity index (χ0) is 13.7. The van der Waals surface area contributed by atoms with Crippen LogP contribution in [0.2, 0.25) is 0 Å². The van der Waals surface area contributed by atoms with Crippen LogP contribution in [-0.2, 0) is 11.3 Å². The predicted octanol–water partition coefficient (Wildman–Crippen LogP) is 3.22. The Kier molecular flexibility index (Phi) is 4.70. The molecule has 0 amide bonds. The van der Waals surface area contributed by atoms with E-state index in [1.165, 1.54) is 0 Å². The summed E-state index contributed by atoms with van der Waals surface area (Å²) < 4.78 is 11.7. The van der Waals surface area contributed by atoms with E-state index in [0.29, 0.717) is 29.9 Å². The first-order valence-electron chi connectivity index (χ1n) is 5.70. The molecule has 0 unspecified atom stereocenters. The van der Waals surface area contributed by atoms with E-state index in [1.54, 1.807) is 20.2 Å². The summed E-state index contributed by atoms with van der Waals surface area (Å²) in [6.45, 7) is 0.335. The van der Waals surface area contributed by atoms with Gasteiger partial charge in [0.05, 0.1) is 4.47 Å². The van der Waals surface area contributed by atoms with Gasteiger partial charge < -0.3 is 14.8 Å². The lowest BCUT2D eigenvalue weighted by atomic mass is 10.3. The van der Waals surface area contributed by atoms with Gasteiger partial charge in [0.25, 0.3) is 0 Å². The molecule has 6 heteroatoms. The van der Waals surface area contributed by atoms with Crippen LogP contribution in [0.25, 0.3) is 0 Å². The fourth-order valence-electron chi connectivity index (χ4n) is 1.49. The van der Waals surface area contributed by atoms with E-state index in [1.807, 2.05) is 24.3 Å². The van der Waals surface area contributed by atoms with Crippen molar-refractivity contribution in [1.29, 1.82) is 0 Å². The Morgan fingerprint density at radius 2 is 2.05 bits per heavy atom. The van der Waals surface area contributed by atoms with E-state index in [-0.39, 0.29) is 0 Å². The van der Waals surface area contributed by atoms with E-state index < -0.39 is 0 Å². The summed E-state index contributed by atoms with van der Waals surface area (Å²) in [5, 5.41) is 2.97. The van der Waals surface area contributed by atoms with Crippen LogP contribution >= 0.6 is 15.9 Å². The number of benzene rings is 1. The summed E-state index contributed by atoms with van der Waals surface area (Å²) in [5.41, 5.74) is 0. The van der Waals surface area contributed by atoms with Crippen LogP contribution in [0.15, 0.2) is 34.8 Å². The van der Waals surface area contributed by atoms with Crippen molar-refractivity contribution in [2.75, 3.05) is 19.5 Å². The number of aromatic nitrogens is 2. The van der Waals surface area contributed by atoms with Gasteiger partial charge in [-0.05, 0) is 28.1 Å². The second-order valence-corrected chi connectivity index (χ2v) is 4.58. The number of para-hydroxylation sites is 1. The number of hydrogen-bond acceptors (Lipinski definition) is 5. The minimum absolute atomic E-state index is 0.335. The van der Waals surface area contributed by atoms with Crippen LogP contribution < -0.4 is 10.1 Å². The second kappa shape index (κ2) is 6.49. The molecule has 1 N–H and O–H groups in total. The maximum absolute atomic E-state index is 5.75. The molecule has 0 spiro atoms. The van der Waals surface area contributed by atoms with Crippen LogP contribution in [-0.4, -0.2) is 24.1 Å². The average Bonchev–Trinajstić information content (AvgIpc) is 2.41. The second-order valence-electron chi connectivity index (χ2n) is 3.72. The molecule has 2 rings (SSSR count). The summed E-state index contributed by atoms with van der Waals surface area (Å²) >= 11 is 3.43. The molecule has 1 heterocycles. The van der Waals surface area contributed by atoms with Crippen LogP contribution in [0.1, 0.15) is 5.82 Å². The number of halogens is 1. The van der Waals surface area contributed by atoms with E-state index in [9.17, 15) is 0 Å². The van der Waals surface area contributed by atoms with Crippen molar-refractivity contribution in [3.8, 4) is 11.6 Å². The highest BCUT2D eigenvalue weighted by molar-refractivity contribution is 9.10. The van der Waals surface area contributed by atoms with Crippen molar-refractivity contribution in [3.05, 3.63) is 40.6 Å². The van der Waals surface area contributed by atoms with Crippen molar-refractivity contribution in [2.45, 2.75) is 6.61 Å². The van der Waals surface area contributed by atoms with Crippen LogP contribution in [0.3, 0.4) is 0 Å². The fraction of sp³-hybridized carbons (Fsp3) is 0.231. The van der Waals surface area contributed by atoms with Crippen LogP contribution in [0.4, 0.5) is 5.82 Å². The highest BCUT2D eigenvalue weighted by Gasteiger charge is 2.07. The lowest BCUT2D eigenvalue weighted by Gasteiger charge is -2.09. The molecule has 0 bridgehead atoms. The van der Waals surface area contributed by atoms with Crippen molar-refractivity contribution < 1.29 is 9.47 Å². The van der Waals surface area contributed by atoms with Gasteiger partial charge >= 0.3 is 0 Å². The molecule has 0 fully saturated rings. The van der Waals surface area contributed by atoms with Crippen molar-refractivity contribution in [1.82, 2.24) is 9.97 Å². The molecule has 0 radical (unpaired) electrons. The lowest BCUT2D eigenvalue weighted by Crippen LogP contribution is -2.03. The third-order valence-electron chi connectivity index (χ3n) is 2.33. The van der Waals surface area contributed by atoms with Gasteiger partial charge in [0.15, 0.2) is 5.82 Å². The molecule has 0 aliphatic carbocycles. The molecule has 19 heavy (non-hydrogen) atoms. The fourth-order valence-corrected chi connectivity index (χ4v) is 1.85. The third-order valence-corrected chi connectivity index (χ3v) is 2.98. The summed E-state index contributed by atoms with van der Waals surface area (Å²) in [4.78, 5) is 8.56. The Labute approximate surface area is 120 Å². The first-order valence-corrected chi connectivity index (χ1v) is 6.49. The van der Waals surface area contributed by atoms with Crippen molar-refractivity contribution >= 4 is 21.7 Å². The standard InChI is InChI=1S/C13H14BrN3O2/c1-15-11-7-13(17-12(16-11)8-18-2)19-10-6-4-3-5-9(10)14/h3-7H,8H2,1-2H3,(H,15,16,17). The number of methoxy groups -OCH3 is 1. The van der Waals surface area contributed by atoms with Crippen molar-refractivity contribution in [2.24, 2.45) is 0 Å². The Bertz CT molecular complexity index is 563. The Morgan fingerprint density at radius 3 is 2.74 bits per heavy atom. The monoisotopic (exact) mass is 323 g/mol. The Hall–Kier alpha value is -1.66. The molecule has 1 aromatic heterocycles. The van der Waals surface area contributed by atoms with Gasteiger partial charge in [0.1, 0.15) is 18.2 Å². The number of nitrogens with one attached hydrogen (secondary N) is 1. The molecule has 1 aromatic carbocycles. The number of rotatable bonds is 5. The minimum atomic E-state index is 0.335. The van der Waals surface area contributed by atoms with Crippen LogP contribution in [0.5, 0.6) is 11.6 Å². The molecule has 0 aliphatic rings. The SMILES string of the molecule is CNc1cc(Oc2ccccc2Br)nc(COC)n1. The lowest BCUT2D eigenvalue weighted by molar-refractivity contribution is 0.177. The van der Waals surface area contributed by atoms with Gasteiger partial charge in [0.2, 0.25) is 5.88 Å². The van der Waals surface area contributed by atoms with Gasteiger partial charge in [0, 0.05) is 20.2 Å². The van der Waals surface area contributed by atoms with Crippen LogP contribution in [0, 0.1) is 0 Å². The van der Waals surface area contributed by atoms with Gasteiger partial charge in [-0.15, -0.1) is 0 Å². The number of anilines is 1. The Morgan fingerprint density at radius 1 is 1.26 bits per heavy atom. The van der Waals surface area contributed by atoms with E-state index in [0.717, 1.165) is 4.47 Å². The summed E-state index contributed by atoms with van der Waals surface area (Å²) in [7, 11) is 3.39. The molecule has 100 valence electrons. The molecule has 0 saturated heterocycles. The zero-order valence-corrected chi connectivity index (χ0v) is 12.3. The molecule has 2 aromatic rings. The molecule has 0 saturated carbocycles. The maximum Gasteiger partial charge on any atom is 0.224 e. The van der Waals surface area contributed by atoms with E-state index in [2.05, 4.69) is 31.2 Å². The topological polar surface area (TPSA) is 56.3 Å². The first kappa shape index (κ1) is 13.8. The van der Waals surface area contributed by atoms with Gasteiger partial charge in [-0.1, -0.05) is 12.1 Å². The number of ether oxygens (including phenoxy) is 2. The van der Waals surface area contributed by atoms with Gasteiger partial charge in [-0.25, -0.2) is 4.98 Å². The number of hydrogen-bond donors (Lipinski definition) is 1. The molecular formula is C13H14BrN3O2. The Balaban J connectivity index is 2.29.